The summed E-state index contributed by atoms with van der Waals surface area (Å²) in [5.74, 6) is 0. The molecule has 1 aliphatic rings. The predicted octanol–water partition coefficient (Wildman–Crippen LogP) is 2.88. The topological polar surface area (TPSA) is 109 Å². The molecule has 27 heavy (non-hydrogen) atoms. The maximum absolute atomic E-state index is 9.10. The van der Waals surface area contributed by atoms with Gasteiger partial charge in [0.1, 0.15) is 28.9 Å². The number of nitriles is 3. The molecule has 0 aliphatic carbocycles. The van der Waals surface area contributed by atoms with E-state index < -0.39 is 0 Å². The number of hydrogen-bond acceptors (Lipinski definition) is 8. The lowest BCUT2D eigenvalue weighted by Crippen LogP contribution is -2.35. The molecule has 0 bridgehead atoms. The van der Waals surface area contributed by atoms with Crippen LogP contribution >= 0.6 is 11.3 Å². The largest absolute Gasteiger partial charge is 0.379 e. The fourth-order valence-electron chi connectivity index (χ4n) is 2.62. The minimum atomic E-state index is -0.241. The highest BCUT2D eigenvalue weighted by Gasteiger charge is 2.13. The van der Waals surface area contributed by atoms with Crippen molar-refractivity contribution >= 4 is 17.0 Å². The smallest absolute Gasteiger partial charge is 0.163 e. The lowest BCUT2D eigenvalue weighted by atomic mass is 10.2. The molecule has 1 aromatic carbocycles. The fourth-order valence-corrected chi connectivity index (χ4v) is 3.44. The van der Waals surface area contributed by atoms with Crippen molar-refractivity contribution in [3.05, 3.63) is 46.6 Å². The Labute approximate surface area is 161 Å². The van der Waals surface area contributed by atoms with Gasteiger partial charge in [-0.25, -0.2) is 4.98 Å². The lowest BCUT2D eigenvalue weighted by Gasteiger charge is -2.25. The minimum Gasteiger partial charge on any atom is -0.379 e. The normalized spacial score (nSPS) is 13.8. The molecule has 0 atom stereocenters. The average Bonchev–Trinajstić information content (AvgIpc) is 3.17. The number of nitrogens with one attached hydrogen (secondary N) is 1. The zero-order valence-electron chi connectivity index (χ0n) is 14.5. The molecule has 8 heteroatoms. The Morgan fingerprint density at radius 2 is 1.81 bits per heavy atom. The van der Waals surface area contributed by atoms with E-state index in [9.17, 15) is 0 Å². The number of anilines is 1. The van der Waals surface area contributed by atoms with E-state index in [0.717, 1.165) is 49.1 Å². The Bertz CT molecular complexity index is 936. The summed E-state index contributed by atoms with van der Waals surface area (Å²) in [6.45, 7) is 4.21. The van der Waals surface area contributed by atoms with Gasteiger partial charge in [0.15, 0.2) is 5.57 Å². The van der Waals surface area contributed by atoms with E-state index in [2.05, 4.69) is 15.6 Å². The standard InChI is InChI=1S/C19H16N6OS/c20-9-15(10-21)18(11-22)23-16-3-1-14(2-4-16)19-24-17(13-27-19)12-25-5-7-26-8-6-25/h1-4,13,23H,5-8,12H2. The Morgan fingerprint density at radius 3 is 2.44 bits per heavy atom. The highest BCUT2D eigenvalue weighted by Crippen LogP contribution is 2.26. The molecule has 0 amide bonds. The molecule has 1 aromatic heterocycles. The molecule has 3 rings (SSSR count). The predicted molar refractivity (Wildman–Crippen MR) is 101 cm³/mol. The fraction of sp³-hybridized carbons (Fsp3) is 0.263. The van der Waals surface area contributed by atoms with E-state index in [-0.39, 0.29) is 11.3 Å². The molecule has 1 fully saturated rings. The van der Waals surface area contributed by atoms with Crippen LogP contribution in [0.1, 0.15) is 5.69 Å². The van der Waals surface area contributed by atoms with Crippen molar-refractivity contribution in [2.45, 2.75) is 6.54 Å². The molecular formula is C19H16N6OS. The number of aromatic nitrogens is 1. The summed E-state index contributed by atoms with van der Waals surface area (Å²) in [6.07, 6.45) is 0. The van der Waals surface area contributed by atoms with Crippen LogP contribution in [0.15, 0.2) is 40.9 Å². The van der Waals surface area contributed by atoms with Crippen molar-refractivity contribution in [2.75, 3.05) is 31.6 Å². The summed E-state index contributed by atoms with van der Waals surface area (Å²) in [7, 11) is 0. The van der Waals surface area contributed by atoms with Gasteiger partial charge < -0.3 is 10.1 Å². The Kier molecular flexibility index (Phi) is 6.14. The molecule has 1 aliphatic heterocycles. The van der Waals surface area contributed by atoms with Crippen molar-refractivity contribution in [3.8, 4) is 28.8 Å². The van der Waals surface area contributed by atoms with Crippen LogP contribution in [0, 0.1) is 34.0 Å². The third kappa shape index (κ3) is 4.69. The van der Waals surface area contributed by atoms with Gasteiger partial charge in [0.25, 0.3) is 0 Å². The van der Waals surface area contributed by atoms with Gasteiger partial charge in [0, 0.05) is 36.3 Å². The first-order valence-electron chi connectivity index (χ1n) is 8.30. The van der Waals surface area contributed by atoms with Crippen molar-refractivity contribution in [2.24, 2.45) is 0 Å². The molecule has 2 heterocycles. The van der Waals surface area contributed by atoms with Crippen LogP contribution in [-0.4, -0.2) is 36.2 Å². The van der Waals surface area contributed by atoms with Crippen molar-refractivity contribution in [1.29, 1.82) is 15.8 Å². The number of rotatable bonds is 5. The number of benzene rings is 1. The Hall–Kier alpha value is -3.22. The van der Waals surface area contributed by atoms with Crippen LogP contribution in [-0.2, 0) is 11.3 Å². The van der Waals surface area contributed by atoms with Gasteiger partial charge in [0.2, 0.25) is 0 Å². The van der Waals surface area contributed by atoms with Gasteiger partial charge in [-0.1, -0.05) is 0 Å². The Balaban J connectivity index is 1.69. The second kappa shape index (κ2) is 8.93. The quantitative estimate of drug-likeness (QED) is 0.799. The molecule has 1 N–H and O–H groups in total. The number of morpholine rings is 1. The lowest BCUT2D eigenvalue weighted by molar-refractivity contribution is 0.0337. The molecule has 0 radical (unpaired) electrons. The van der Waals surface area contributed by atoms with E-state index in [1.165, 1.54) is 0 Å². The summed E-state index contributed by atoms with van der Waals surface area (Å²) < 4.78 is 5.36. The summed E-state index contributed by atoms with van der Waals surface area (Å²) in [5, 5.41) is 32.7. The minimum absolute atomic E-state index is 0.0604. The maximum atomic E-state index is 9.10. The Morgan fingerprint density at radius 1 is 1.11 bits per heavy atom. The van der Waals surface area contributed by atoms with E-state index in [4.69, 9.17) is 25.5 Å². The van der Waals surface area contributed by atoms with Crippen LogP contribution in [0.25, 0.3) is 10.6 Å². The van der Waals surface area contributed by atoms with E-state index in [1.807, 2.05) is 18.2 Å². The van der Waals surface area contributed by atoms with Crippen molar-refractivity contribution in [3.63, 3.8) is 0 Å². The van der Waals surface area contributed by atoms with Crippen molar-refractivity contribution < 1.29 is 4.74 Å². The number of thiazole rings is 1. The number of allylic oxidation sites excluding steroid dienone is 2. The van der Waals surface area contributed by atoms with Crippen LogP contribution in [0.2, 0.25) is 0 Å². The van der Waals surface area contributed by atoms with Crippen LogP contribution in [0.5, 0.6) is 0 Å². The second-order valence-electron chi connectivity index (χ2n) is 5.82. The van der Waals surface area contributed by atoms with Gasteiger partial charge in [-0.15, -0.1) is 11.3 Å². The van der Waals surface area contributed by atoms with Crippen molar-refractivity contribution in [1.82, 2.24) is 9.88 Å². The molecule has 1 saturated heterocycles. The van der Waals surface area contributed by atoms with E-state index in [0.29, 0.717) is 5.69 Å². The number of hydrogen-bond donors (Lipinski definition) is 1. The van der Waals surface area contributed by atoms with Crippen LogP contribution in [0.3, 0.4) is 0 Å². The maximum Gasteiger partial charge on any atom is 0.163 e. The van der Waals surface area contributed by atoms with Gasteiger partial charge >= 0.3 is 0 Å². The molecular weight excluding hydrogens is 360 g/mol. The summed E-state index contributed by atoms with van der Waals surface area (Å²) in [4.78, 5) is 7.03. The molecule has 7 nitrogen and oxygen atoms in total. The number of nitrogens with zero attached hydrogens (tertiary/aromatic N) is 5. The highest BCUT2D eigenvalue weighted by molar-refractivity contribution is 7.13. The molecule has 0 saturated carbocycles. The average molecular weight is 376 g/mol. The van der Waals surface area contributed by atoms with Gasteiger partial charge in [-0.3, -0.25) is 4.90 Å². The number of ether oxygens (including phenoxy) is 1. The van der Waals surface area contributed by atoms with E-state index >= 15 is 0 Å². The van der Waals surface area contributed by atoms with E-state index in [1.54, 1.807) is 35.6 Å². The monoisotopic (exact) mass is 376 g/mol. The first-order valence-corrected chi connectivity index (χ1v) is 9.18. The summed E-state index contributed by atoms with van der Waals surface area (Å²) in [6, 6.07) is 12.6. The molecule has 0 spiro atoms. The van der Waals surface area contributed by atoms with Gasteiger partial charge in [0.05, 0.1) is 18.9 Å². The molecule has 2 aromatic rings. The zero-order chi connectivity index (χ0) is 19.1. The highest BCUT2D eigenvalue weighted by atomic mass is 32.1. The summed E-state index contributed by atoms with van der Waals surface area (Å²) in [5.41, 5.74) is 2.34. The first kappa shape index (κ1) is 18.6. The zero-order valence-corrected chi connectivity index (χ0v) is 15.3. The van der Waals surface area contributed by atoms with Gasteiger partial charge in [-0.05, 0) is 24.3 Å². The summed E-state index contributed by atoms with van der Waals surface area (Å²) >= 11 is 1.59. The molecule has 134 valence electrons. The third-order valence-corrected chi connectivity index (χ3v) is 4.97. The SMILES string of the molecule is N#CC(C#N)=C(C#N)Nc1ccc(-c2nc(CN3CCOCC3)cs2)cc1. The second-order valence-corrected chi connectivity index (χ2v) is 6.68. The first-order chi connectivity index (χ1) is 13.2. The van der Waals surface area contributed by atoms with Gasteiger partial charge in [-0.2, -0.15) is 15.8 Å². The molecule has 0 unspecified atom stereocenters. The van der Waals surface area contributed by atoms with Crippen LogP contribution < -0.4 is 5.32 Å². The van der Waals surface area contributed by atoms with Crippen LogP contribution in [0.4, 0.5) is 5.69 Å². The third-order valence-electron chi connectivity index (χ3n) is 4.03.